The van der Waals surface area contributed by atoms with E-state index in [2.05, 4.69) is 50.5 Å². The molecule has 0 aliphatic carbocycles. The summed E-state index contributed by atoms with van der Waals surface area (Å²) in [7, 11) is 0. The van der Waals surface area contributed by atoms with Crippen LogP contribution in [0.1, 0.15) is 10.4 Å². The number of benzene rings is 1. The average molecular weight is 350 g/mol. The molecule has 0 radical (unpaired) electrons. The highest BCUT2D eigenvalue weighted by molar-refractivity contribution is 9.11. The van der Waals surface area contributed by atoms with Crippen molar-refractivity contribution >= 4 is 33.0 Å². The van der Waals surface area contributed by atoms with E-state index in [1.165, 1.54) is 11.3 Å². The van der Waals surface area contributed by atoms with Crippen LogP contribution in [0.25, 0.3) is 11.5 Å². The first kappa shape index (κ1) is 13.3. The lowest BCUT2D eigenvalue weighted by atomic mass is 10.1. The van der Waals surface area contributed by atoms with E-state index >= 15 is 0 Å². The highest BCUT2D eigenvalue weighted by atomic mass is 79.9. The Bertz CT molecular complexity index is 709. The first-order valence-corrected chi connectivity index (χ1v) is 7.68. The summed E-state index contributed by atoms with van der Waals surface area (Å²) in [5, 5.41) is 11.0. The molecule has 0 unspecified atom stereocenters. The van der Waals surface area contributed by atoms with Gasteiger partial charge in [0.2, 0.25) is 12.3 Å². The van der Waals surface area contributed by atoms with Crippen LogP contribution in [-0.4, -0.2) is 10.2 Å². The molecule has 0 saturated heterocycles. The minimum atomic E-state index is 0.543. The van der Waals surface area contributed by atoms with E-state index in [9.17, 15) is 0 Å². The second-order valence-corrected chi connectivity index (χ2v) is 6.88. The van der Waals surface area contributed by atoms with Crippen molar-refractivity contribution in [2.45, 2.75) is 13.5 Å². The lowest BCUT2D eigenvalue weighted by Gasteiger charge is -2.09. The van der Waals surface area contributed by atoms with E-state index in [1.807, 2.05) is 18.2 Å². The van der Waals surface area contributed by atoms with Gasteiger partial charge in [0.25, 0.3) is 0 Å². The van der Waals surface area contributed by atoms with Gasteiger partial charge in [0.05, 0.1) is 3.79 Å². The topological polar surface area (TPSA) is 51.0 Å². The summed E-state index contributed by atoms with van der Waals surface area (Å²) in [6, 6.07) is 10.2. The number of hydrogen-bond acceptors (Lipinski definition) is 5. The highest BCUT2D eigenvalue weighted by Crippen LogP contribution is 2.26. The van der Waals surface area contributed by atoms with Gasteiger partial charge in [0, 0.05) is 22.7 Å². The van der Waals surface area contributed by atoms with Crippen LogP contribution in [0, 0.1) is 6.92 Å². The van der Waals surface area contributed by atoms with Crippen molar-refractivity contribution in [3.8, 4) is 11.5 Å². The van der Waals surface area contributed by atoms with E-state index in [-0.39, 0.29) is 0 Å². The van der Waals surface area contributed by atoms with E-state index in [4.69, 9.17) is 4.42 Å². The molecule has 0 aliphatic rings. The van der Waals surface area contributed by atoms with Gasteiger partial charge in [-0.05, 0) is 58.7 Å². The van der Waals surface area contributed by atoms with Crippen LogP contribution in [-0.2, 0) is 6.54 Å². The van der Waals surface area contributed by atoms with Crippen LogP contribution in [0.15, 0.2) is 44.9 Å². The second-order valence-electron chi connectivity index (χ2n) is 4.33. The summed E-state index contributed by atoms with van der Waals surface area (Å²) >= 11 is 5.21. The van der Waals surface area contributed by atoms with Crippen LogP contribution >= 0.6 is 27.3 Å². The van der Waals surface area contributed by atoms with Gasteiger partial charge in [-0.1, -0.05) is 0 Å². The number of halogens is 1. The second kappa shape index (κ2) is 5.76. The molecule has 3 aromatic rings. The number of hydrogen-bond donors (Lipinski definition) is 1. The standard InChI is InChI=1S/C14H12BrN3OS/c1-9-6-10(14-18-17-8-19-14)2-4-12(9)16-7-11-3-5-13(15)20-11/h2-6,8,16H,7H2,1H3. The molecular formula is C14H12BrN3OS. The number of aryl methyl sites for hydroxylation is 1. The van der Waals surface area contributed by atoms with Crippen molar-refractivity contribution in [3.63, 3.8) is 0 Å². The molecule has 3 rings (SSSR count). The monoisotopic (exact) mass is 349 g/mol. The Balaban J connectivity index is 1.74. The maximum absolute atomic E-state index is 5.20. The van der Waals surface area contributed by atoms with Crippen molar-refractivity contribution in [1.82, 2.24) is 10.2 Å². The van der Waals surface area contributed by atoms with Gasteiger partial charge in [-0.25, -0.2) is 0 Å². The van der Waals surface area contributed by atoms with Gasteiger partial charge >= 0.3 is 0 Å². The van der Waals surface area contributed by atoms with Crippen molar-refractivity contribution in [1.29, 1.82) is 0 Å². The largest absolute Gasteiger partial charge is 0.423 e. The van der Waals surface area contributed by atoms with Crippen LogP contribution in [0.5, 0.6) is 0 Å². The minimum Gasteiger partial charge on any atom is -0.423 e. The quantitative estimate of drug-likeness (QED) is 0.754. The molecule has 0 bridgehead atoms. The van der Waals surface area contributed by atoms with E-state index in [0.29, 0.717) is 5.89 Å². The van der Waals surface area contributed by atoms with Crippen molar-refractivity contribution < 1.29 is 4.42 Å². The van der Waals surface area contributed by atoms with Gasteiger partial charge in [-0.2, -0.15) is 0 Å². The molecule has 2 aromatic heterocycles. The molecule has 0 saturated carbocycles. The molecule has 0 fully saturated rings. The van der Waals surface area contributed by atoms with Gasteiger partial charge in [-0.3, -0.25) is 0 Å². The number of nitrogens with one attached hydrogen (secondary N) is 1. The maximum Gasteiger partial charge on any atom is 0.247 e. The van der Waals surface area contributed by atoms with E-state index < -0.39 is 0 Å². The smallest absolute Gasteiger partial charge is 0.247 e. The molecular weight excluding hydrogens is 338 g/mol. The molecule has 4 nitrogen and oxygen atoms in total. The first-order chi connectivity index (χ1) is 9.72. The molecule has 0 aliphatic heterocycles. The number of nitrogens with zero attached hydrogens (tertiary/aromatic N) is 2. The van der Waals surface area contributed by atoms with Gasteiger partial charge in [-0.15, -0.1) is 21.5 Å². The summed E-state index contributed by atoms with van der Waals surface area (Å²) in [5.74, 6) is 0.543. The number of rotatable bonds is 4. The molecule has 0 spiro atoms. The summed E-state index contributed by atoms with van der Waals surface area (Å²) in [6.07, 6.45) is 1.34. The minimum absolute atomic E-state index is 0.543. The Morgan fingerprint density at radius 2 is 2.20 bits per heavy atom. The molecule has 102 valence electrons. The van der Waals surface area contributed by atoms with Gasteiger partial charge < -0.3 is 9.73 Å². The number of thiophene rings is 1. The van der Waals surface area contributed by atoms with Crippen LogP contribution < -0.4 is 5.32 Å². The summed E-state index contributed by atoms with van der Waals surface area (Å²) in [4.78, 5) is 1.29. The number of aromatic nitrogens is 2. The SMILES string of the molecule is Cc1cc(-c2nnco2)ccc1NCc1ccc(Br)s1. The van der Waals surface area contributed by atoms with E-state index in [1.54, 1.807) is 11.3 Å². The first-order valence-electron chi connectivity index (χ1n) is 6.07. The molecule has 0 amide bonds. The molecule has 6 heteroatoms. The fourth-order valence-electron chi connectivity index (χ4n) is 1.92. The maximum atomic E-state index is 5.20. The molecule has 20 heavy (non-hydrogen) atoms. The zero-order valence-corrected chi connectivity index (χ0v) is 13.2. The summed E-state index contributed by atoms with van der Waals surface area (Å²) in [6.45, 7) is 2.88. The van der Waals surface area contributed by atoms with Crippen LogP contribution in [0.2, 0.25) is 0 Å². The highest BCUT2D eigenvalue weighted by Gasteiger charge is 2.06. The molecule has 1 N–H and O–H groups in total. The predicted molar refractivity (Wildman–Crippen MR) is 83.8 cm³/mol. The van der Waals surface area contributed by atoms with Gasteiger partial charge in [0.1, 0.15) is 0 Å². The van der Waals surface area contributed by atoms with E-state index in [0.717, 1.165) is 27.1 Å². The third-order valence-electron chi connectivity index (χ3n) is 2.92. The molecule has 1 aromatic carbocycles. The van der Waals surface area contributed by atoms with Crippen molar-refractivity contribution in [3.05, 3.63) is 51.0 Å². The van der Waals surface area contributed by atoms with Crippen LogP contribution in [0.3, 0.4) is 0 Å². The third kappa shape index (κ3) is 2.91. The van der Waals surface area contributed by atoms with Crippen molar-refractivity contribution in [2.75, 3.05) is 5.32 Å². The third-order valence-corrected chi connectivity index (χ3v) is 4.54. The average Bonchev–Trinajstić information content (AvgIpc) is 3.08. The Labute approximate surface area is 129 Å². The fourth-order valence-corrected chi connectivity index (χ4v) is 3.35. The zero-order valence-electron chi connectivity index (χ0n) is 10.8. The lowest BCUT2D eigenvalue weighted by Crippen LogP contribution is -1.99. The lowest BCUT2D eigenvalue weighted by molar-refractivity contribution is 0.568. The molecule has 2 heterocycles. The Morgan fingerprint density at radius 1 is 1.30 bits per heavy atom. The normalized spacial score (nSPS) is 10.7. The summed E-state index contributed by atoms with van der Waals surface area (Å²) < 4.78 is 6.35. The van der Waals surface area contributed by atoms with Crippen molar-refractivity contribution in [2.24, 2.45) is 0 Å². The Morgan fingerprint density at radius 3 is 2.85 bits per heavy atom. The summed E-state index contributed by atoms with van der Waals surface area (Å²) in [5.41, 5.74) is 3.19. The molecule has 0 atom stereocenters. The Hall–Kier alpha value is -1.66. The number of anilines is 1. The zero-order chi connectivity index (χ0) is 13.9. The fraction of sp³-hybridized carbons (Fsp3) is 0.143. The van der Waals surface area contributed by atoms with Crippen LogP contribution in [0.4, 0.5) is 5.69 Å². The predicted octanol–water partition coefficient (Wildman–Crippen LogP) is 4.48. The van der Waals surface area contributed by atoms with Gasteiger partial charge in [0.15, 0.2) is 0 Å². The Kier molecular flexibility index (Phi) is 3.84.